The highest BCUT2D eigenvalue weighted by atomic mass is 32.2. The van der Waals surface area contributed by atoms with Gasteiger partial charge in [-0.15, -0.1) is 17.9 Å². The summed E-state index contributed by atoms with van der Waals surface area (Å²) < 4.78 is 5.89. The molecule has 3 heterocycles. The highest BCUT2D eigenvalue weighted by molar-refractivity contribution is 7.99. The van der Waals surface area contributed by atoms with Crippen molar-refractivity contribution in [3.8, 4) is 10.6 Å². The molecule has 1 N–H and O–H groups in total. The fourth-order valence-corrected chi connectivity index (χ4v) is 6.91. The van der Waals surface area contributed by atoms with Crippen LogP contribution in [0.15, 0.2) is 46.9 Å². The summed E-state index contributed by atoms with van der Waals surface area (Å²) in [4.78, 5) is 37.4. The first-order valence-electron chi connectivity index (χ1n) is 11.5. The van der Waals surface area contributed by atoms with E-state index in [0.29, 0.717) is 11.7 Å². The molecule has 5 rings (SSSR count). The lowest BCUT2D eigenvalue weighted by atomic mass is 10.1. The third kappa shape index (κ3) is 5.10. The summed E-state index contributed by atoms with van der Waals surface area (Å²) in [5.41, 5.74) is 3.26. The van der Waals surface area contributed by atoms with Crippen LogP contribution < -0.4 is 10.9 Å². The molecule has 0 atom stereocenters. The number of hydrogen-bond acceptors (Lipinski definition) is 8. The molecular formula is C25H25N5O2S3. The molecule has 0 aliphatic heterocycles. The van der Waals surface area contributed by atoms with Crippen molar-refractivity contribution in [1.82, 2.24) is 18.9 Å². The fraction of sp³-hybridized carbons (Fsp3) is 0.320. The van der Waals surface area contributed by atoms with Gasteiger partial charge in [0.2, 0.25) is 11.9 Å². The van der Waals surface area contributed by atoms with E-state index < -0.39 is 0 Å². The molecular weight excluding hydrogens is 499 g/mol. The molecule has 0 saturated carbocycles. The third-order valence-corrected chi connectivity index (χ3v) is 8.84. The molecule has 4 aromatic rings. The predicted octanol–water partition coefficient (Wildman–Crippen LogP) is 5.47. The van der Waals surface area contributed by atoms with Gasteiger partial charge in [-0.2, -0.15) is 9.36 Å². The van der Waals surface area contributed by atoms with E-state index in [1.54, 1.807) is 22.0 Å². The summed E-state index contributed by atoms with van der Waals surface area (Å²) in [6.45, 7) is 6.18. The molecule has 1 amide bonds. The largest absolute Gasteiger partial charge is 0.293 e. The van der Waals surface area contributed by atoms with Gasteiger partial charge >= 0.3 is 0 Å². The van der Waals surface area contributed by atoms with Crippen LogP contribution in [0.3, 0.4) is 0 Å². The summed E-state index contributed by atoms with van der Waals surface area (Å²) in [6.07, 6.45) is 7.08. The number of nitrogens with zero attached hydrogens (tertiary/aromatic N) is 4. The van der Waals surface area contributed by atoms with Crippen molar-refractivity contribution in [2.75, 3.05) is 11.1 Å². The Hall–Kier alpha value is -2.82. The van der Waals surface area contributed by atoms with Crippen LogP contribution in [-0.4, -0.2) is 30.6 Å². The molecule has 0 spiro atoms. The number of thioether (sulfide) groups is 1. The third-order valence-electron chi connectivity index (χ3n) is 5.91. The van der Waals surface area contributed by atoms with E-state index in [-0.39, 0.29) is 23.2 Å². The fourth-order valence-electron chi connectivity index (χ4n) is 4.18. The molecule has 7 nitrogen and oxygen atoms in total. The van der Waals surface area contributed by atoms with E-state index in [1.807, 2.05) is 31.2 Å². The van der Waals surface area contributed by atoms with E-state index >= 15 is 0 Å². The van der Waals surface area contributed by atoms with Crippen LogP contribution in [0.4, 0.5) is 5.95 Å². The second-order valence-corrected chi connectivity index (χ2v) is 11.2. The van der Waals surface area contributed by atoms with Crippen molar-refractivity contribution in [3.05, 3.63) is 63.3 Å². The van der Waals surface area contributed by atoms with Gasteiger partial charge in [-0.1, -0.05) is 54.1 Å². The Morgan fingerprint density at radius 1 is 1.20 bits per heavy atom. The van der Waals surface area contributed by atoms with Gasteiger partial charge in [0, 0.05) is 17.0 Å². The molecule has 0 fully saturated rings. The minimum Gasteiger partial charge on any atom is -0.293 e. The number of anilines is 1. The molecule has 3 aromatic heterocycles. The van der Waals surface area contributed by atoms with Crippen molar-refractivity contribution in [3.63, 3.8) is 0 Å². The molecule has 0 saturated heterocycles. The minimum atomic E-state index is -0.246. The van der Waals surface area contributed by atoms with E-state index in [4.69, 9.17) is 4.98 Å². The Kier molecular flexibility index (Phi) is 7.12. The first kappa shape index (κ1) is 23.9. The lowest BCUT2D eigenvalue weighted by Gasteiger charge is -2.10. The molecule has 1 aromatic carbocycles. The lowest BCUT2D eigenvalue weighted by Crippen LogP contribution is -2.24. The van der Waals surface area contributed by atoms with Gasteiger partial charge in [-0.05, 0) is 49.7 Å². The first-order chi connectivity index (χ1) is 17.0. The number of amides is 1. The number of fused-ring (bicyclic) bond motifs is 3. The number of aryl methyl sites for hydroxylation is 3. The van der Waals surface area contributed by atoms with Gasteiger partial charge in [0.25, 0.3) is 5.56 Å². The number of hydrogen-bond donors (Lipinski definition) is 1. The maximum Gasteiger partial charge on any atom is 0.263 e. The van der Waals surface area contributed by atoms with Crippen molar-refractivity contribution in [2.45, 2.75) is 50.7 Å². The summed E-state index contributed by atoms with van der Waals surface area (Å²) in [6, 6.07) is 8.01. The lowest BCUT2D eigenvalue weighted by molar-refractivity contribution is -0.113. The Bertz CT molecular complexity index is 1450. The maximum absolute atomic E-state index is 13.4. The monoisotopic (exact) mass is 523 g/mol. The average Bonchev–Trinajstić information content (AvgIpc) is 3.37. The zero-order valence-electron chi connectivity index (χ0n) is 19.4. The number of carbonyl (C=O) groups is 1. The molecule has 180 valence electrons. The van der Waals surface area contributed by atoms with Crippen LogP contribution in [0.5, 0.6) is 0 Å². The van der Waals surface area contributed by atoms with Crippen molar-refractivity contribution in [1.29, 1.82) is 0 Å². The predicted molar refractivity (Wildman–Crippen MR) is 145 cm³/mol. The minimum absolute atomic E-state index is 0.0406. The van der Waals surface area contributed by atoms with Gasteiger partial charge in [0.05, 0.1) is 11.1 Å². The number of carbonyl (C=O) groups excluding carboxylic acids is 1. The van der Waals surface area contributed by atoms with Crippen LogP contribution in [0.1, 0.15) is 35.3 Å². The summed E-state index contributed by atoms with van der Waals surface area (Å²) in [5.74, 6) is 0.133. The summed E-state index contributed by atoms with van der Waals surface area (Å²) >= 11 is 4.11. The maximum atomic E-state index is 13.4. The zero-order valence-corrected chi connectivity index (χ0v) is 21.8. The van der Waals surface area contributed by atoms with E-state index in [0.717, 1.165) is 46.5 Å². The molecule has 0 bridgehead atoms. The average molecular weight is 524 g/mol. The number of aromatic nitrogens is 4. The first-order valence-corrected chi connectivity index (χ1v) is 14.1. The van der Waals surface area contributed by atoms with E-state index in [1.165, 1.54) is 45.7 Å². The van der Waals surface area contributed by atoms with Crippen LogP contribution in [0.2, 0.25) is 0 Å². The van der Waals surface area contributed by atoms with Crippen LogP contribution >= 0.6 is 34.6 Å². The van der Waals surface area contributed by atoms with Gasteiger partial charge in [-0.25, -0.2) is 4.98 Å². The summed E-state index contributed by atoms with van der Waals surface area (Å²) in [7, 11) is 0. The zero-order chi connectivity index (χ0) is 24.4. The molecule has 35 heavy (non-hydrogen) atoms. The summed E-state index contributed by atoms with van der Waals surface area (Å²) in [5, 5.41) is 4.78. The Morgan fingerprint density at radius 3 is 2.80 bits per heavy atom. The standard InChI is InChI=1S/C25H25N5O2S3/c1-3-13-30-23(32)20-17-7-5-4-6-8-18(17)34-22(20)28-25(30)33-14-19(31)26-24-27-21(35-29-24)16-11-9-15(2)10-12-16/h3,9-12H,1,4-8,13-14H2,2H3,(H,26,29,31). The number of thiophene rings is 1. The molecule has 1 aliphatic carbocycles. The Labute approximate surface area is 215 Å². The van der Waals surface area contributed by atoms with Crippen LogP contribution in [-0.2, 0) is 24.2 Å². The SMILES string of the molecule is C=CCn1c(SCC(=O)Nc2nsc(-c3ccc(C)cc3)n2)nc2sc3c(c2c1=O)CCCCC3. The van der Waals surface area contributed by atoms with Gasteiger partial charge < -0.3 is 0 Å². The smallest absolute Gasteiger partial charge is 0.263 e. The van der Waals surface area contributed by atoms with E-state index in [9.17, 15) is 9.59 Å². The topological polar surface area (TPSA) is 89.8 Å². The second kappa shape index (κ2) is 10.4. The number of benzene rings is 1. The van der Waals surface area contributed by atoms with Gasteiger partial charge in [0.1, 0.15) is 9.84 Å². The molecule has 0 unspecified atom stereocenters. The Balaban J connectivity index is 1.33. The van der Waals surface area contributed by atoms with Crippen molar-refractivity contribution >= 4 is 56.7 Å². The Morgan fingerprint density at radius 2 is 2.00 bits per heavy atom. The molecule has 10 heteroatoms. The number of nitrogens with one attached hydrogen (secondary N) is 1. The normalized spacial score (nSPS) is 13.4. The highest BCUT2D eigenvalue weighted by Gasteiger charge is 2.22. The number of allylic oxidation sites excluding steroid dienone is 1. The van der Waals surface area contributed by atoms with Crippen LogP contribution in [0.25, 0.3) is 20.8 Å². The molecule has 1 aliphatic rings. The quantitative estimate of drug-likeness (QED) is 0.150. The van der Waals surface area contributed by atoms with Crippen molar-refractivity contribution < 1.29 is 4.79 Å². The number of rotatable bonds is 7. The van der Waals surface area contributed by atoms with Gasteiger partial charge in [-0.3, -0.25) is 19.5 Å². The van der Waals surface area contributed by atoms with E-state index in [2.05, 4.69) is 21.3 Å². The van der Waals surface area contributed by atoms with Crippen molar-refractivity contribution in [2.24, 2.45) is 0 Å². The van der Waals surface area contributed by atoms with Gasteiger partial charge in [0.15, 0.2) is 5.16 Å². The molecule has 0 radical (unpaired) electrons. The second-order valence-electron chi connectivity index (χ2n) is 8.47. The highest BCUT2D eigenvalue weighted by Crippen LogP contribution is 2.34. The van der Waals surface area contributed by atoms with Crippen LogP contribution in [0, 0.1) is 6.92 Å².